The lowest BCUT2D eigenvalue weighted by Gasteiger charge is -2.36. The van der Waals surface area contributed by atoms with E-state index < -0.39 is 0 Å². The second-order valence-corrected chi connectivity index (χ2v) is 7.37. The molecule has 0 aromatic heterocycles. The predicted octanol–water partition coefficient (Wildman–Crippen LogP) is 2.83. The minimum atomic E-state index is -0.383. The third kappa shape index (κ3) is 4.29. The number of hydrogen-bond donors (Lipinski definition) is 2. The maximum atomic E-state index is 12.5. The molecule has 1 aromatic carbocycles. The van der Waals surface area contributed by atoms with Gasteiger partial charge >= 0.3 is 6.03 Å². The highest BCUT2D eigenvalue weighted by molar-refractivity contribution is 8.14. The summed E-state index contributed by atoms with van der Waals surface area (Å²) in [7, 11) is 3.07. The maximum Gasteiger partial charge on any atom is 0.319 e. The van der Waals surface area contributed by atoms with Crippen molar-refractivity contribution in [3.8, 4) is 11.5 Å². The van der Waals surface area contributed by atoms with E-state index in [1.807, 2.05) is 0 Å². The molecular formula is C18H23N3O5S. The van der Waals surface area contributed by atoms with Crippen molar-refractivity contribution in [3.63, 3.8) is 0 Å². The topological polar surface area (TPSA) is 97.0 Å². The Bertz CT molecular complexity index is 726. The normalized spacial score (nSPS) is 22.5. The van der Waals surface area contributed by atoms with Gasteiger partial charge in [0, 0.05) is 11.8 Å². The van der Waals surface area contributed by atoms with Crippen LogP contribution in [0.2, 0.25) is 0 Å². The van der Waals surface area contributed by atoms with Crippen LogP contribution in [0.5, 0.6) is 11.5 Å². The monoisotopic (exact) mass is 393 g/mol. The van der Waals surface area contributed by atoms with Gasteiger partial charge in [0.25, 0.3) is 5.24 Å². The number of rotatable bonds is 5. The average molecular weight is 393 g/mol. The summed E-state index contributed by atoms with van der Waals surface area (Å²) >= 11 is 1.02. The molecule has 1 saturated heterocycles. The minimum Gasteiger partial charge on any atom is -0.493 e. The molecule has 146 valence electrons. The summed E-state index contributed by atoms with van der Waals surface area (Å²) in [5.74, 6) is 1.08. The van der Waals surface area contributed by atoms with Crippen molar-refractivity contribution in [2.75, 3.05) is 25.3 Å². The lowest BCUT2D eigenvalue weighted by Crippen LogP contribution is -2.55. The third-order valence-electron chi connectivity index (χ3n) is 4.80. The van der Waals surface area contributed by atoms with E-state index in [9.17, 15) is 14.4 Å². The predicted molar refractivity (Wildman–Crippen MR) is 102 cm³/mol. The van der Waals surface area contributed by atoms with Crippen LogP contribution in [0, 0.1) is 0 Å². The third-order valence-corrected chi connectivity index (χ3v) is 5.64. The zero-order valence-electron chi connectivity index (χ0n) is 15.3. The van der Waals surface area contributed by atoms with Crippen molar-refractivity contribution < 1.29 is 23.9 Å². The molecule has 2 N–H and O–H groups in total. The Morgan fingerprint density at radius 1 is 1.15 bits per heavy atom. The van der Waals surface area contributed by atoms with Gasteiger partial charge in [-0.25, -0.2) is 4.79 Å². The van der Waals surface area contributed by atoms with Gasteiger partial charge in [-0.15, -0.1) is 0 Å². The Labute approximate surface area is 161 Å². The lowest BCUT2D eigenvalue weighted by molar-refractivity contribution is -0.127. The van der Waals surface area contributed by atoms with Crippen molar-refractivity contribution >= 4 is 34.6 Å². The summed E-state index contributed by atoms with van der Waals surface area (Å²) in [5, 5.41) is 5.47. The molecular weight excluding hydrogens is 370 g/mol. The number of carbonyl (C=O) groups is 3. The number of ether oxygens (including phenoxy) is 2. The molecule has 0 spiro atoms. The number of thioether (sulfide) groups is 1. The van der Waals surface area contributed by atoms with Gasteiger partial charge in [-0.3, -0.25) is 14.5 Å². The molecule has 2 aliphatic rings. The van der Waals surface area contributed by atoms with E-state index in [1.165, 1.54) is 12.0 Å². The van der Waals surface area contributed by atoms with Crippen LogP contribution in [-0.4, -0.2) is 54.1 Å². The van der Waals surface area contributed by atoms with Crippen molar-refractivity contribution in [1.29, 1.82) is 0 Å². The molecule has 4 amide bonds. The highest BCUT2D eigenvalue weighted by Crippen LogP contribution is 2.31. The summed E-state index contributed by atoms with van der Waals surface area (Å²) in [5.41, 5.74) is 0.557. The smallest absolute Gasteiger partial charge is 0.319 e. The van der Waals surface area contributed by atoms with Gasteiger partial charge in [0.15, 0.2) is 11.5 Å². The van der Waals surface area contributed by atoms with Crippen molar-refractivity contribution in [3.05, 3.63) is 18.2 Å². The number of hydrogen-bond acceptors (Lipinski definition) is 6. The van der Waals surface area contributed by atoms with Crippen molar-refractivity contribution in [2.45, 2.75) is 37.8 Å². The first-order valence-corrected chi connectivity index (χ1v) is 9.80. The first-order chi connectivity index (χ1) is 13.0. The zero-order valence-corrected chi connectivity index (χ0v) is 16.1. The van der Waals surface area contributed by atoms with Gasteiger partial charge in [0.2, 0.25) is 5.91 Å². The van der Waals surface area contributed by atoms with E-state index in [0.717, 1.165) is 31.0 Å². The number of urea groups is 1. The van der Waals surface area contributed by atoms with Crippen LogP contribution in [0.25, 0.3) is 0 Å². The van der Waals surface area contributed by atoms with E-state index in [0.29, 0.717) is 23.6 Å². The molecule has 2 unspecified atom stereocenters. The zero-order chi connectivity index (χ0) is 19.4. The molecule has 1 aromatic rings. The largest absolute Gasteiger partial charge is 0.493 e. The van der Waals surface area contributed by atoms with E-state index in [4.69, 9.17) is 9.47 Å². The molecule has 0 bridgehead atoms. The Balaban J connectivity index is 1.67. The minimum absolute atomic E-state index is 0.177. The molecule has 2 fully saturated rings. The number of nitrogens with zero attached hydrogens (tertiary/aromatic N) is 1. The van der Waals surface area contributed by atoms with E-state index in [-0.39, 0.29) is 35.0 Å². The van der Waals surface area contributed by atoms with Gasteiger partial charge in [0.1, 0.15) is 0 Å². The first kappa shape index (κ1) is 19.3. The number of carbonyl (C=O) groups excluding carboxylic acids is 3. The number of imide groups is 1. The van der Waals surface area contributed by atoms with E-state index >= 15 is 0 Å². The molecule has 2 atom stereocenters. The second-order valence-electron chi connectivity index (χ2n) is 6.44. The molecule has 0 radical (unpaired) electrons. The van der Waals surface area contributed by atoms with Crippen LogP contribution in [0.15, 0.2) is 18.2 Å². The summed E-state index contributed by atoms with van der Waals surface area (Å²) in [6.45, 7) is 0. The summed E-state index contributed by atoms with van der Waals surface area (Å²) in [4.78, 5) is 37.9. The van der Waals surface area contributed by atoms with Crippen LogP contribution in [-0.2, 0) is 4.79 Å². The molecule has 1 aliphatic heterocycles. The van der Waals surface area contributed by atoms with E-state index in [1.54, 1.807) is 25.3 Å². The van der Waals surface area contributed by atoms with Gasteiger partial charge < -0.3 is 20.1 Å². The molecule has 1 heterocycles. The van der Waals surface area contributed by atoms with Gasteiger partial charge in [-0.1, -0.05) is 24.6 Å². The molecule has 8 nitrogen and oxygen atoms in total. The Kier molecular flexibility index (Phi) is 6.10. The van der Waals surface area contributed by atoms with Crippen molar-refractivity contribution in [1.82, 2.24) is 10.2 Å². The fourth-order valence-electron chi connectivity index (χ4n) is 3.52. The van der Waals surface area contributed by atoms with Gasteiger partial charge in [-0.2, -0.15) is 0 Å². The number of benzene rings is 1. The number of anilines is 1. The fraction of sp³-hybridized carbons (Fsp3) is 0.500. The molecule has 27 heavy (non-hydrogen) atoms. The molecule has 1 aliphatic carbocycles. The second kappa shape index (κ2) is 8.51. The standard InChI is InChI=1S/C18H23N3O5S/c1-25-14-8-7-11(9-15(14)26-2)19-17(23)20-12-5-3-4-6-13(12)21-16(22)10-27-18(21)24/h7-9,12-13H,3-6,10H2,1-2H3,(H2,19,20,23). The summed E-state index contributed by atoms with van der Waals surface area (Å²) in [6, 6.07) is 4.15. The van der Waals surface area contributed by atoms with E-state index in [2.05, 4.69) is 10.6 Å². The van der Waals surface area contributed by atoms with Gasteiger partial charge in [0.05, 0.1) is 32.1 Å². The van der Waals surface area contributed by atoms with Crippen LogP contribution in [0.4, 0.5) is 15.3 Å². The highest BCUT2D eigenvalue weighted by atomic mass is 32.2. The first-order valence-electron chi connectivity index (χ1n) is 8.82. The Hall–Kier alpha value is -2.42. The van der Waals surface area contributed by atoms with Crippen LogP contribution in [0.1, 0.15) is 25.7 Å². The van der Waals surface area contributed by atoms with Crippen molar-refractivity contribution in [2.24, 2.45) is 0 Å². The van der Waals surface area contributed by atoms with Gasteiger partial charge in [-0.05, 0) is 25.0 Å². The summed E-state index contributed by atoms with van der Waals surface area (Å²) in [6.07, 6.45) is 3.31. The Morgan fingerprint density at radius 2 is 1.89 bits per heavy atom. The molecule has 3 rings (SSSR count). The highest BCUT2D eigenvalue weighted by Gasteiger charge is 2.41. The average Bonchev–Trinajstić information content (AvgIpc) is 3.00. The van der Waals surface area contributed by atoms with Crippen LogP contribution in [0.3, 0.4) is 0 Å². The Morgan fingerprint density at radius 3 is 2.56 bits per heavy atom. The quantitative estimate of drug-likeness (QED) is 0.798. The SMILES string of the molecule is COc1ccc(NC(=O)NC2CCCCC2N2C(=O)CSC2=O)cc1OC. The van der Waals surface area contributed by atoms with Crippen LogP contribution >= 0.6 is 11.8 Å². The summed E-state index contributed by atoms with van der Waals surface area (Å²) < 4.78 is 10.4. The maximum absolute atomic E-state index is 12.5. The number of nitrogens with one attached hydrogen (secondary N) is 2. The molecule has 1 saturated carbocycles. The number of amides is 4. The fourth-order valence-corrected chi connectivity index (χ4v) is 4.29. The number of methoxy groups -OCH3 is 2. The van der Waals surface area contributed by atoms with Crippen LogP contribution < -0.4 is 20.1 Å². The molecule has 9 heteroatoms. The lowest BCUT2D eigenvalue weighted by atomic mass is 9.89.